The van der Waals surface area contributed by atoms with Gasteiger partial charge < -0.3 is 14.2 Å². The van der Waals surface area contributed by atoms with E-state index in [9.17, 15) is 22.8 Å². The predicted octanol–water partition coefficient (Wildman–Crippen LogP) is 4.10. The lowest BCUT2D eigenvalue weighted by molar-refractivity contribution is -0.0892. The molecule has 6 nitrogen and oxygen atoms in total. The molecule has 2 aromatic rings. The van der Waals surface area contributed by atoms with Crippen LogP contribution in [0.2, 0.25) is 0 Å². The molecule has 0 aliphatic carbocycles. The first-order valence-corrected chi connectivity index (χ1v) is 11.2. The minimum absolute atomic E-state index is 0.0753. The summed E-state index contributed by atoms with van der Waals surface area (Å²) in [6.45, 7) is 4.46. The molecule has 0 N–H and O–H groups in total. The van der Waals surface area contributed by atoms with Gasteiger partial charge in [-0.25, -0.2) is 0 Å². The van der Waals surface area contributed by atoms with Gasteiger partial charge in [0.05, 0.1) is 17.8 Å². The van der Waals surface area contributed by atoms with Crippen LogP contribution in [-0.4, -0.2) is 65.5 Å². The van der Waals surface area contributed by atoms with Crippen LogP contribution in [0.4, 0.5) is 13.2 Å². The van der Waals surface area contributed by atoms with Crippen LogP contribution in [0.1, 0.15) is 52.7 Å². The number of alkyl halides is 3. The molecule has 0 unspecified atom stereocenters. The zero-order valence-corrected chi connectivity index (χ0v) is 18.8. The lowest BCUT2D eigenvalue weighted by atomic mass is 9.81. The third-order valence-corrected chi connectivity index (χ3v) is 6.79. The fourth-order valence-corrected chi connectivity index (χ4v) is 4.93. The van der Waals surface area contributed by atoms with Crippen molar-refractivity contribution in [2.24, 2.45) is 0 Å². The molecule has 178 valence electrons. The fourth-order valence-electron chi connectivity index (χ4n) is 4.93. The van der Waals surface area contributed by atoms with Crippen molar-refractivity contribution in [3.63, 3.8) is 0 Å². The zero-order chi connectivity index (χ0) is 23.8. The highest BCUT2D eigenvalue weighted by Crippen LogP contribution is 2.42. The number of hydrogen-bond donors (Lipinski definition) is 0. The minimum atomic E-state index is -4.90. The Kier molecular flexibility index (Phi) is 6.26. The largest absolute Gasteiger partial charge is 0.494 e. The van der Waals surface area contributed by atoms with Crippen LogP contribution < -0.4 is 4.74 Å². The molecule has 1 fully saturated rings. The molecule has 3 heterocycles. The highest BCUT2D eigenvalue weighted by molar-refractivity contribution is 5.99. The number of likely N-dealkylation sites (tertiary alicyclic amines) is 1. The van der Waals surface area contributed by atoms with E-state index in [-0.39, 0.29) is 11.6 Å². The Hall–Kier alpha value is -2.81. The van der Waals surface area contributed by atoms with Gasteiger partial charge in [0.1, 0.15) is 5.75 Å². The second kappa shape index (κ2) is 8.85. The zero-order valence-electron chi connectivity index (χ0n) is 18.8. The number of ether oxygens (including phenoxy) is 1. The van der Waals surface area contributed by atoms with Crippen LogP contribution in [-0.2, 0) is 12.1 Å². The van der Waals surface area contributed by atoms with E-state index in [0.29, 0.717) is 56.9 Å². The smallest absolute Gasteiger partial charge is 0.456 e. The van der Waals surface area contributed by atoms with Gasteiger partial charge in [-0.15, -0.1) is 0 Å². The highest BCUT2D eigenvalue weighted by Gasteiger charge is 2.47. The highest BCUT2D eigenvalue weighted by atomic mass is 19.4. The van der Waals surface area contributed by atoms with Gasteiger partial charge in [-0.2, -0.15) is 13.2 Å². The van der Waals surface area contributed by atoms with E-state index in [2.05, 4.69) is 4.90 Å². The Morgan fingerprint density at radius 1 is 1.00 bits per heavy atom. The number of benzene rings is 1. The Bertz CT molecular complexity index is 1020. The number of carbonyl (C=O) groups excluding carboxylic acids is 2. The Labute approximate surface area is 190 Å². The van der Waals surface area contributed by atoms with Gasteiger partial charge in [0.15, 0.2) is 0 Å². The summed E-state index contributed by atoms with van der Waals surface area (Å²) in [6.07, 6.45) is -2.84. The summed E-state index contributed by atoms with van der Waals surface area (Å²) < 4.78 is 46.2. The van der Waals surface area contributed by atoms with Gasteiger partial charge in [0, 0.05) is 37.4 Å². The molecule has 0 atom stereocenters. The third kappa shape index (κ3) is 4.26. The average Bonchev–Trinajstić information content (AvgIpc) is 3.24. The number of Topliss-reactive ketones (excluding diaryl/α,β-unsaturated/α-hetero) is 1. The summed E-state index contributed by atoms with van der Waals surface area (Å²) in [6, 6.07) is 10.0. The molecule has 1 spiro atoms. The summed E-state index contributed by atoms with van der Waals surface area (Å²) in [5.74, 6) is -1.17. The van der Waals surface area contributed by atoms with E-state index in [4.69, 9.17) is 4.74 Å². The van der Waals surface area contributed by atoms with Gasteiger partial charge in [0.25, 0.3) is 11.7 Å². The first-order chi connectivity index (χ1) is 15.7. The summed E-state index contributed by atoms with van der Waals surface area (Å²) in [7, 11) is 1.95. The minimum Gasteiger partial charge on any atom is -0.494 e. The van der Waals surface area contributed by atoms with Crippen molar-refractivity contribution in [1.82, 2.24) is 14.4 Å². The predicted molar refractivity (Wildman–Crippen MR) is 116 cm³/mol. The SMILES string of the molecule is CCCOc1ccc(C(=O)N2CCC3(CC2)c2ccc(C(=O)C(F)(F)F)n2CCN3C)cc1. The summed E-state index contributed by atoms with van der Waals surface area (Å²) in [5, 5.41) is 0. The van der Waals surface area contributed by atoms with E-state index in [1.54, 1.807) is 35.2 Å². The van der Waals surface area contributed by atoms with Crippen LogP contribution in [0.3, 0.4) is 0 Å². The lowest BCUT2D eigenvalue weighted by Gasteiger charge is -2.50. The lowest BCUT2D eigenvalue weighted by Crippen LogP contribution is -2.56. The number of aromatic nitrogens is 1. The van der Waals surface area contributed by atoms with Crippen molar-refractivity contribution in [3.8, 4) is 5.75 Å². The summed E-state index contributed by atoms with van der Waals surface area (Å²) in [5.41, 5.74) is 0.479. The van der Waals surface area contributed by atoms with Gasteiger partial charge in [-0.1, -0.05) is 6.92 Å². The molecular weight excluding hydrogens is 435 g/mol. The maximum atomic E-state index is 13.1. The molecule has 0 bridgehead atoms. The van der Waals surface area contributed by atoms with Crippen LogP contribution in [0, 0.1) is 0 Å². The second-order valence-electron chi connectivity index (χ2n) is 8.70. The van der Waals surface area contributed by atoms with Crippen molar-refractivity contribution in [2.45, 2.75) is 44.4 Å². The Balaban J connectivity index is 1.50. The molecule has 0 saturated carbocycles. The van der Waals surface area contributed by atoms with Gasteiger partial charge >= 0.3 is 6.18 Å². The van der Waals surface area contributed by atoms with Crippen LogP contribution in [0.15, 0.2) is 36.4 Å². The quantitative estimate of drug-likeness (QED) is 0.627. The third-order valence-electron chi connectivity index (χ3n) is 6.79. The van der Waals surface area contributed by atoms with Crippen molar-refractivity contribution < 1.29 is 27.5 Å². The first kappa shape index (κ1) is 23.4. The monoisotopic (exact) mass is 463 g/mol. The fraction of sp³-hybridized carbons (Fsp3) is 0.500. The molecule has 1 aromatic carbocycles. The molecule has 0 radical (unpaired) electrons. The van der Waals surface area contributed by atoms with E-state index >= 15 is 0 Å². The molecule has 2 aliphatic rings. The Morgan fingerprint density at radius 3 is 2.27 bits per heavy atom. The van der Waals surface area contributed by atoms with Gasteiger partial charge in [-0.3, -0.25) is 14.5 Å². The maximum Gasteiger partial charge on any atom is 0.456 e. The number of likely N-dealkylation sites (N-methyl/N-ethyl adjacent to an activating group) is 1. The number of fused-ring (bicyclic) bond motifs is 2. The van der Waals surface area contributed by atoms with Crippen molar-refractivity contribution in [1.29, 1.82) is 0 Å². The number of nitrogens with zero attached hydrogens (tertiary/aromatic N) is 3. The molecular formula is C24H28F3N3O3. The number of hydrogen-bond acceptors (Lipinski definition) is 4. The number of ketones is 1. The van der Waals surface area contributed by atoms with Crippen molar-refractivity contribution in [2.75, 3.05) is 33.3 Å². The number of piperidine rings is 1. The van der Waals surface area contributed by atoms with Crippen molar-refractivity contribution in [3.05, 3.63) is 53.3 Å². The van der Waals surface area contributed by atoms with Crippen LogP contribution in [0.5, 0.6) is 5.75 Å². The van der Waals surface area contributed by atoms with Gasteiger partial charge in [0.2, 0.25) is 0 Å². The summed E-state index contributed by atoms with van der Waals surface area (Å²) in [4.78, 5) is 28.9. The van der Waals surface area contributed by atoms with Crippen LogP contribution >= 0.6 is 0 Å². The molecule has 1 saturated heterocycles. The summed E-state index contributed by atoms with van der Waals surface area (Å²) >= 11 is 0. The molecule has 1 aromatic heterocycles. The normalized spacial score (nSPS) is 18.3. The van der Waals surface area contributed by atoms with E-state index < -0.39 is 17.5 Å². The van der Waals surface area contributed by atoms with E-state index in [1.807, 2.05) is 14.0 Å². The molecule has 4 rings (SSSR count). The standard InChI is InChI=1S/C24H28F3N3O3/c1-3-16-33-18-6-4-17(5-7-18)22(32)29-12-10-23(11-13-29)20-9-8-19(21(31)24(25,26)27)30(20)15-14-28(23)2/h4-9H,3,10-16H2,1-2H3. The average molecular weight is 464 g/mol. The van der Waals surface area contributed by atoms with E-state index in [0.717, 1.165) is 12.2 Å². The van der Waals surface area contributed by atoms with Crippen molar-refractivity contribution >= 4 is 11.7 Å². The Morgan fingerprint density at radius 2 is 1.67 bits per heavy atom. The second-order valence-corrected chi connectivity index (χ2v) is 8.70. The molecule has 33 heavy (non-hydrogen) atoms. The first-order valence-electron chi connectivity index (χ1n) is 11.2. The molecule has 1 amide bonds. The number of carbonyl (C=O) groups is 2. The van der Waals surface area contributed by atoms with Crippen LogP contribution in [0.25, 0.3) is 0 Å². The topological polar surface area (TPSA) is 54.8 Å². The number of amides is 1. The molecule has 2 aliphatic heterocycles. The van der Waals surface area contributed by atoms with Gasteiger partial charge in [-0.05, 0) is 62.7 Å². The van der Waals surface area contributed by atoms with E-state index in [1.165, 1.54) is 10.6 Å². The number of halogens is 3. The number of rotatable bonds is 5. The molecule has 9 heteroatoms. The maximum absolute atomic E-state index is 13.1.